The number of rotatable bonds is 4. The van der Waals surface area contributed by atoms with E-state index in [2.05, 4.69) is 9.44 Å². The molecule has 0 fully saturated rings. The van der Waals surface area contributed by atoms with E-state index in [0.29, 0.717) is 0 Å². The molecule has 2 N–H and O–H groups in total. The molecular formula is C8H12N2O4S2. The van der Waals surface area contributed by atoms with Gasteiger partial charge >= 0.3 is 0 Å². The number of benzene rings is 1. The van der Waals surface area contributed by atoms with Gasteiger partial charge in [0, 0.05) is 0 Å². The summed E-state index contributed by atoms with van der Waals surface area (Å²) in [5.74, 6) is 0. The van der Waals surface area contributed by atoms with Crippen LogP contribution in [0, 0.1) is 0 Å². The second kappa shape index (κ2) is 4.50. The van der Waals surface area contributed by atoms with Crippen molar-refractivity contribution < 1.29 is 16.8 Å². The number of sulfonamides is 2. The van der Waals surface area contributed by atoms with E-state index in [-0.39, 0.29) is 9.79 Å². The van der Waals surface area contributed by atoms with Gasteiger partial charge in [0.05, 0.1) is 9.79 Å². The Bertz CT molecular complexity index is 508. The third kappa shape index (κ3) is 2.59. The van der Waals surface area contributed by atoms with Crippen LogP contribution in [0.3, 0.4) is 0 Å². The van der Waals surface area contributed by atoms with Gasteiger partial charge in [0.15, 0.2) is 0 Å². The first-order chi connectivity index (χ1) is 7.33. The quantitative estimate of drug-likeness (QED) is 0.767. The topological polar surface area (TPSA) is 92.3 Å². The summed E-state index contributed by atoms with van der Waals surface area (Å²) in [5, 5.41) is 0. The predicted molar refractivity (Wildman–Crippen MR) is 58.9 cm³/mol. The van der Waals surface area contributed by atoms with Crippen molar-refractivity contribution in [2.24, 2.45) is 0 Å². The molecule has 0 amide bonds. The monoisotopic (exact) mass is 264 g/mol. The lowest BCUT2D eigenvalue weighted by Gasteiger charge is -2.04. The van der Waals surface area contributed by atoms with Crippen molar-refractivity contribution in [3.8, 4) is 0 Å². The summed E-state index contributed by atoms with van der Waals surface area (Å²) in [6, 6.07) is 4.93. The van der Waals surface area contributed by atoms with Crippen molar-refractivity contribution in [2.45, 2.75) is 9.79 Å². The van der Waals surface area contributed by atoms with E-state index in [4.69, 9.17) is 0 Å². The van der Waals surface area contributed by atoms with Crippen molar-refractivity contribution in [2.75, 3.05) is 14.1 Å². The molecule has 1 aromatic carbocycles. The molecule has 0 aromatic heterocycles. The lowest BCUT2D eigenvalue weighted by atomic mass is 10.4. The van der Waals surface area contributed by atoms with Gasteiger partial charge in [0.1, 0.15) is 0 Å². The Kier molecular flexibility index (Phi) is 3.68. The van der Waals surface area contributed by atoms with E-state index >= 15 is 0 Å². The van der Waals surface area contributed by atoms with Gasteiger partial charge in [-0.05, 0) is 38.4 Å². The third-order valence-corrected chi connectivity index (χ3v) is 4.84. The minimum Gasteiger partial charge on any atom is -0.214 e. The maximum Gasteiger partial charge on any atom is 0.240 e. The third-order valence-electron chi connectivity index (χ3n) is 1.98. The van der Waals surface area contributed by atoms with Crippen molar-refractivity contribution in [1.82, 2.24) is 9.44 Å². The summed E-state index contributed by atoms with van der Waals surface area (Å²) < 4.78 is 49.7. The predicted octanol–water partition coefficient (Wildman–Crippen LogP) is -0.497. The fraction of sp³-hybridized carbons (Fsp3) is 0.250. The van der Waals surface area contributed by atoms with Crippen LogP contribution in [0.25, 0.3) is 0 Å². The molecule has 0 saturated carbocycles. The Labute approximate surface area is 94.8 Å². The Morgan fingerprint density at radius 3 is 1.19 bits per heavy atom. The van der Waals surface area contributed by atoms with Crippen LogP contribution in [-0.4, -0.2) is 30.9 Å². The average molecular weight is 264 g/mol. The Balaban J connectivity index is 3.21. The molecule has 8 heteroatoms. The fourth-order valence-corrected chi connectivity index (χ4v) is 2.49. The van der Waals surface area contributed by atoms with Crippen LogP contribution >= 0.6 is 0 Å². The molecule has 0 aliphatic heterocycles. The zero-order valence-electron chi connectivity index (χ0n) is 8.76. The van der Waals surface area contributed by atoms with E-state index < -0.39 is 20.0 Å². The fourth-order valence-electron chi connectivity index (χ4n) is 1.03. The maximum atomic E-state index is 11.4. The summed E-state index contributed by atoms with van der Waals surface area (Å²) in [5.41, 5.74) is 0. The molecule has 6 nitrogen and oxygen atoms in total. The van der Waals surface area contributed by atoms with E-state index in [1.54, 1.807) is 0 Å². The van der Waals surface area contributed by atoms with Crippen molar-refractivity contribution in [3.63, 3.8) is 0 Å². The zero-order valence-corrected chi connectivity index (χ0v) is 10.4. The molecule has 0 unspecified atom stereocenters. The van der Waals surface area contributed by atoms with Crippen LogP contribution in [-0.2, 0) is 20.0 Å². The molecule has 0 bridgehead atoms. The Morgan fingerprint density at radius 1 is 0.750 bits per heavy atom. The molecule has 0 saturated heterocycles. The molecular weight excluding hydrogens is 252 g/mol. The van der Waals surface area contributed by atoms with E-state index in [1.165, 1.54) is 38.4 Å². The average Bonchev–Trinajstić information content (AvgIpc) is 2.29. The summed E-state index contributed by atoms with van der Waals surface area (Å²) >= 11 is 0. The Morgan fingerprint density at radius 2 is 1.00 bits per heavy atom. The second-order valence-corrected chi connectivity index (χ2v) is 6.66. The first-order valence-corrected chi connectivity index (χ1v) is 7.27. The zero-order chi connectivity index (χ0) is 12.4. The standard InChI is InChI=1S/C8H12N2O4S2/c1-9-15(11,12)7-3-5-8(6-4-7)16(13,14)10-2/h3-6,9-10H,1-2H3. The van der Waals surface area contributed by atoms with E-state index in [1.807, 2.05) is 0 Å². The van der Waals surface area contributed by atoms with Crippen molar-refractivity contribution in [1.29, 1.82) is 0 Å². The molecule has 0 aliphatic carbocycles. The van der Waals surface area contributed by atoms with Gasteiger partial charge < -0.3 is 0 Å². The lowest BCUT2D eigenvalue weighted by Crippen LogP contribution is -2.20. The molecule has 0 atom stereocenters. The molecule has 0 spiro atoms. The van der Waals surface area contributed by atoms with Gasteiger partial charge in [-0.25, -0.2) is 26.3 Å². The minimum atomic E-state index is -3.53. The minimum absolute atomic E-state index is 0.0186. The summed E-state index contributed by atoms with van der Waals surface area (Å²) in [7, 11) is -4.49. The molecule has 1 aromatic rings. The molecule has 0 aliphatic rings. The highest BCUT2D eigenvalue weighted by atomic mass is 32.2. The summed E-state index contributed by atoms with van der Waals surface area (Å²) in [6.07, 6.45) is 0. The van der Waals surface area contributed by atoms with Crippen LogP contribution < -0.4 is 9.44 Å². The highest BCUT2D eigenvalue weighted by molar-refractivity contribution is 7.90. The molecule has 1 rings (SSSR count). The lowest BCUT2D eigenvalue weighted by molar-refractivity contribution is 0.584. The normalized spacial score (nSPS) is 12.6. The largest absolute Gasteiger partial charge is 0.240 e. The van der Waals surface area contributed by atoms with Gasteiger partial charge in [-0.1, -0.05) is 0 Å². The highest BCUT2D eigenvalue weighted by Crippen LogP contribution is 2.13. The van der Waals surface area contributed by atoms with E-state index in [0.717, 1.165) is 0 Å². The number of hydrogen-bond acceptors (Lipinski definition) is 4. The Hall–Kier alpha value is -0.960. The summed E-state index contributed by atoms with van der Waals surface area (Å²) in [4.78, 5) is 0.0371. The van der Waals surface area contributed by atoms with Crippen molar-refractivity contribution in [3.05, 3.63) is 24.3 Å². The first kappa shape index (κ1) is 13.1. The van der Waals surface area contributed by atoms with Crippen LogP contribution in [0.4, 0.5) is 0 Å². The molecule has 16 heavy (non-hydrogen) atoms. The van der Waals surface area contributed by atoms with Gasteiger partial charge in [0.2, 0.25) is 20.0 Å². The van der Waals surface area contributed by atoms with Crippen LogP contribution in [0.15, 0.2) is 34.1 Å². The molecule has 0 radical (unpaired) electrons. The van der Waals surface area contributed by atoms with Crippen LogP contribution in [0.5, 0.6) is 0 Å². The number of nitrogens with one attached hydrogen (secondary N) is 2. The van der Waals surface area contributed by atoms with Crippen molar-refractivity contribution >= 4 is 20.0 Å². The SMILES string of the molecule is CNS(=O)(=O)c1ccc(S(=O)(=O)NC)cc1. The molecule has 90 valence electrons. The second-order valence-electron chi connectivity index (χ2n) is 2.89. The van der Waals surface area contributed by atoms with E-state index in [9.17, 15) is 16.8 Å². The van der Waals surface area contributed by atoms with Gasteiger partial charge in [-0.3, -0.25) is 0 Å². The number of hydrogen-bond donors (Lipinski definition) is 2. The smallest absolute Gasteiger partial charge is 0.214 e. The summed E-state index contributed by atoms with van der Waals surface area (Å²) in [6.45, 7) is 0. The maximum absolute atomic E-state index is 11.4. The van der Waals surface area contributed by atoms with Gasteiger partial charge in [-0.2, -0.15) is 0 Å². The van der Waals surface area contributed by atoms with Gasteiger partial charge in [-0.15, -0.1) is 0 Å². The first-order valence-electron chi connectivity index (χ1n) is 4.30. The highest BCUT2D eigenvalue weighted by Gasteiger charge is 2.14. The van der Waals surface area contributed by atoms with Gasteiger partial charge in [0.25, 0.3) is 0 Å². The molecule has 0 heterocycles. The van der Waals surface area contributed by atoms with Crippen LogP contribution in [0.2, 0.25) is 0 Å². The van der Waals surface area contributed by atoms with Crippen LogP contribution in [0.1, 0.15) is 0 Å².